The molecule has 0 aliphatic heterocycles. The van der Waals surface area contributed by atoms with Crippen LogP contribution in [0.25, 0.3) is 0 Å². The quantitative estimate of drug-likeness (QED) is 0.867. The summed E-state index contributed by atoms with van der Waals surface area (Å²) in [5.41, 5.74) is 2.54. The average Bonchev–Trinajstić information content (AvgIpc) is 2.39. The predicted octanol–water partition coefficient (Wildman–Crippen LogP) is 3.06. The van der Waals surface area contributed by atoms with E-state index < -0.39 is 0 Å². The zero-order chi connectivity index (χ0) is 12.1. The number of benzene rings is 1. The van der Waals surface area contributed by atoms with Gasteiger partial charge in [-0.05, 0) is 44.1 Å². The van der Waals surface area contributed by atoms with E-state index in [0.29, 0.717) is 18.6 Å². The molecule has 2 heteroatoms. The van der Waals surface area contributed by atoms with E-state index >= 15 is 0 Å². The Kier molecular flexibility index (Phi) is 4.57. The molecule has 0 unspecified atom stereocenters. The van der Waals surface area contributed by atoms with Crippen molar-refractivity contribution >= 4 is 0 Å². The fourth-order valence-corrected chi connectivity index (χ4v) is 2.38. The lowest BCUT2D eigenvalue weighted by molar-refractivity contribution is 0.00120. The Labute approximate surface area is 104 Å². The third kappa shape index (κ3) is 3.83. The second-order valence-electron chi connectivity index (χ2n) is 5.12. The lowest BCUT2D eigenvalue weighted by atomic mass is 9.88. The minimum atomic E-state index is 0.338. The minimum Gasteiger partial charge on any atom is -0.396 e. The minimum absolute atomic E-state index is 0.338. The number of ether oxygens (including phenoxy) is 1. The lowest BCUT2D eigenvalue weighted by Gasteiger charge is -2.27. The smallest absolute Gasteiger partial charge is 0.0720 e. The van der Waals surface area contributed by atoms with E-state index in [1.807, 2.05) is 0 Å². The summed E-state index contributed by atoms with van der Waals surface area (Å²) in [6.45, 7) is 3.15. The van der Waals surface area contributed by atoms with Crippen LogP contribution < -0.4 is 0 Å². The van der Waals surface area contributed by atoms with Crippen molar-refractivity contribution in [2.75, 3.05) is 6.61 Å². The fourth-order valence-electron chi connectivity index (χ4n) is 2.38. The molecule has 0 bridgehead atoms. The predicted molar refractivity (Wildman–Crippen MR) is 68.8 cm³/mol. The average molecular weight is 234 g/mol. The summed E-state index contributed by atoms with van der Waals surface area (Å²) in [7, 11) is 0. The van der Waals surface area contributed by atoms with Crippen LogP contribution in [0, 0.1) is 12.8 Å². The fraction of sp³-hybridized carbons (Fsp3) is 0.600. The van der Waals surface area contributed by atoms with Crippen LogP contribution in [-0.4, -0.2) is 17.8 Å². The maximum absolute atomic E-state index is 9.07. The van der Waals surface area contributed by atoms with Gasteiger partial charge in [0.1, 0.15) is 0 Å². The van der Waals surface area contributed by atoms with E-state index in [2.05, 4.69) is 31.2 Å². The molecule has 1 N–H and O–H groups in total. The van der Waals surface area contributed by atoms with Crippen LogP contribution in [0.15, 0.2) is 24.3 Å². The van der Waals surface area contributed by atoms with E-state index in [1.54, 1.807) is 0 Å². The molecule has 0 radical (unpaired) electrons. The van der Waals surface area contributed by atoms with Gasteiger partial charge in [0.05, 0.1) is 12.7 Å². The molecule has 1 aromatic rings. The van der Waals surface area contributed by atoms with Gasteiger partial charge in [0.15, 0.2) is 0 Å². The van der Waals surface area contributed by atoms with Gasteiger partial charge < -0.3 is 9.84 Å². The number of aliphatic hydroxyl groups excluding tert-OH is 1. The second-order valence-corrected chi connectivity index (χ2v) is 5.12. The van der Waals surface area contributed by atoms with Crippen molar-refractivity contribution in [2.24, 2.45) is 5.92 Å². The van der Waals surface area contributed by atoms with Gasteiger partial charge in [-0.2, -0.15) is 0 Å². The van der Waals surface area contributed by atoms with E-state index in [0.717, 1.165) is 32.3 Å². The second kappa shape index (κ2) is 6.18. The number of rotatable bonds is 4. The summed E-state index contributed by atoms with van der Waals surface area (Å²) in [6, 6.07) is 8.52. The highest BCUT2D eigenvalue weighted by atomic mass is 16.5. The van der Waals surface area contributed by atoms with E-state index in [1.165, 1.54) is 11.1 Å². The standard InChI is InChI=1S/C15H22O2/c1-12-2-4-14(5-3-12)11-17-15-8-6-13(10-16)7-9-15/h2-5,13,15-16H,6-11H2,1H3. The van der Waals surface area contributed by atoms with Crippen molar-refractivity contribution in [3.63, 3.8) is 0 Å². The Bertz CT molecular complexity index is 323. The summed E-state index contributed by atoms with van der Waals surface area (Å²) < 4.78 is 5.92. The highest BCUT2D eigenvalue weighted by Crippen LogP contribution is 2.26. The highest BCUT2D eigenvalue weighted by Gasteiger charge is 2.20. The Balaban J connectivity index is 1.74. The molecule has 1 aliphatic carbocycles. The maximum atomic E-state index is 9.07. The summed E-state index contributed by atoms with van der Waals surface area (Å²) in [6.07, 6.45) is 4.79. The molecule has 0 aromatic heterocycles. The van der Waals surface area contributed by atoms with Crippen LogP contribution in [0.4, 0.5) is 0 Å². The van der Waals surface area contributed by atoms with Gasteiger partial charge in [-0.3, -0.25) is 0 Å². The highest BCUT2D eigenvalue weighted by molar-refractivity contribution is 5.20. The zero-order valence-electron chi connectivity index (χ0n) is 10.6. The molecule has 0 heterocycles. The van der Waals surface area contributed by atoms with E-state index in [9.17, 15) is 0 Å². The number of aryl methyl sites for hydroxylation is 1. The van der Waals surface area contributed by atoms with Crippen LogP contribution in [0.3, 0.4) is 0 Å². The van der Waals surface area contributed by atoms with E-state index in [4.69, 9.17) is 9.84 Å². The Morgan fingerprint density at radius 3 is 2.35 bits per heavy atom. The van der Waals surface area contributed by atoms with Gasteiger partial charge in [-0.15, -0.1) is 0 Å². The lowest BCUT2D eigenvalue weighted by Crippen LogP contribution is -2.23. The van der Waals surface area contributed by atoms with Gasteiger partial charge in [-0.25, -0.2) is 0 Å². The summed E-state index contributed by atoms with van der Waals surface area (Å²) in [5, 5.41) is 9.07. The van der Waals surface area contributed by atoms with Crippen molar-refractivity contribution in [3.8, 4) is 0 Å². The van der Waals surface area contributed by atoms with Gasteiger partial charge in [-0.1, -0.05) is 29.8 Å². The largest absolute Gasteiger partial charge is 0.396 e. The number of hydrogen-bond donors (Lipinski definition) is 1. The topological polar surface area (TPSA) is 29.5 Å². The van der Waals surface area contributed by atoms with Crippen molar-refractivity contribution in [3.05, 3.63) is 35.4 Å². The molecule has 0 saturated heterocycles. The monoisotopic (exact) mass is 234 g/mol. The van der Waals surface area contributed by atoms with Crippen LogP contribution in [0.5, 0.6) is 0 Å². The molecule has 1 aromatic carbocycles. The molecule has 94 valence electrons. The Morgan fingerprint density at radius 2 is 1.76 bits per heavy atom. The normalized spacial score (nSPS) is 24.8. The van der Waals surface area contributed by atoms with Crippen molar-refractivity contribution in [2.45, 2.75) is 45.3 Å². The first-order valence-corrected chi connectivity index (χ1v) is 6.56. The van der Waals surface area contributed by atoms with Crippen molar-refractivity contribution in [1.29, 1.82) is 0 Å². The van der Waals surface area contributed by atoms with Crippen molar-refractivity contribution in [1.82, 2.24) is 0 Å². The first kappa shape index (κ1) is 12.6. The van der Waals surface area contributed by atoms with Gasteiger partial charge >= 0.3 is 0 Å². The third-order valence-electron chi connectivity index (χ3n) is 3.66. The van der Waals surface area contributed by atoms with Gasteiger partial charge in [0.25, 0.3) is 0 Å². The zero-order valence-corrected chi connectivity index (χ0v) is 10.6. The molecule has 1 aliphatic rings. The number of hydrogen-bond acceptors (Lipinski definition) is 2. The SMILES string of the molecule is Cc1ccc(COC2CCC(CO)CC2)cc1. The molecule has 1 saturated carbocycles. The van der Waals surface area contributed by atoms with Gasteiger partial charge in [0, 0.05) is 6.61 Å². The van der Waals surface area contributed by atoms with Crippen LogP contribution in [0.1, 0.15) is 36.8 Å². The summed E-state index contributed by atoms with van der Waals surface area (Å²) in [4.78, 5) is 0. The molecule has 0 spiro atoms. The maximum Gasteiger partial charge on any atom is 0.0720 e. The van der Waals surface area contributed by atoms with Crippen molar-refractivity contribution < 1.29 is 9.84 Å². The summed E-state index contributed by atoms with van der Waals surface area (Å²) in [5.74, 6) is 0.509. The Morgan fingerprint density at radius 1 is 1.12 bits per heavy atom. The molecule has 2 rings (SSSR count). The first-order chi connectivity index (χ1) is 8.28. The van der Waals surface area contributed by atoms with Crippen LogP contribution in [0.2, 0.25) is 0 Å². The molecule has 1 fully saturated rings. The van der Waals surface area contributed by atoms with E-state index in [-0.39, 0.29) is 0 Å². The molecule has 17 heavy (non-hydrogen) atoms. The third-order valence-corrected chi connectivity index (χ3v) is 3.66. The molecular weight excluding hydrogens is 212 g/mol. The molecule has 2 nitrogen and oxygen atoms in total. The molecule has 0 amide bonds. The van der Waals surface area contributed by atoms with Gasteiger partial charge in [0.2, 0.25) is 0 Å². The number of aliphatic hydroxyl groups is 1. The Hall–Kier alpha value is -0.860. The molecular formula is C15H22O2. The summed E-state index contributed by atoms with van der Waals surface area (Å²) >= 11 is 0. The van der Waals surface area contributed by atoms with Crippen LogP contribution in [-0.2, 0) is 11.3 Å². The first-order valence-electron chi connectivity index (χ1n) is 6.56. The van der Waals surface area contributed by atoms with Crippen LogP contribution >= 0.6 is 0 Å². The molecule has 0 atom stereocenters.